The molecule has 0 fully saturated rings. The molecular formula is C18H15ClN3O2+. The lowest BCUT2D eigenvalue weighted by molar-refractivity contribution is -0.378. The molecule has 2 aromatic carbocycles. The zero-order chi connectivity index (χ0) is 16.9. The minimum Gasteiger partial charge on any atom is -0.451 e. The van der Waals surface area contributed by atoms with Crippen molar-refractivity contribution in [3.8, 4) is 11.5 Å². The number of nitrogens with one attached hydrogen (secondary N) is 2. The molecule has 6 heteroatoms. The van der Waals surface area contributed by atoms with Crippen LogP contribution in [0, 0.1) is 0 Å². The van der Waals surface area contributed by atoms with Crippen molar-refractivity contribution in [1.82, 2.24) is 0 Å². The largest absolute Gasteiger partial charge is 0.451 e. The molecule has 0 unspecified atom stereocenters. The summed E-state index contributed by atoms with van der Waals surface area (Å²) >= 11 is 5.91. The molecule has 24 heavy (non-hydrogen) atoms. The lowest BCUT2D eigenvalue weighted by Gasteiger charge is -2.10. The Hall–Kier alpha value is -3.05. The SMILES string of the molecule is Nc1cc(NC(=O)c2cccc(Cl)c2)cc(Oc2ccc[nH+]c2)c1. The minimum atomic E-state index is -0.276. The van der Waals surface area contributed by atoms with Crippen LogP contribution < -0.4 is 20.8 Å². The van der Waals surface area contributed by atoms with Crippen molar-refractivity contribution in [2.75, 3.05) is 11.1 Å². The van der Waals surface area contributed by atoms with Crippen LogP contribution in [0.1, 0.15) is 10.4 Å². The van der Waals surface area contributed by atoms with Crippen LogP contribution in [0.4, 0.5) is 11.4 Å². The Kier molecular flexibility index (Phi) is 4.63. The Labute approximate surface area is 144 Å². The minimum absolute atomic E-state index is 0.276. The number of H-pyrrole nitrogens is 1. The van der Waals surface area contributed by atoms with E-state index in [0.29, 0.717) is 33.5 Å². The van der Waals surface area contributed by atoms with Gasteiger partial charge < -0.3 is 15.8 Å². The number of rotatable bonds is 4. The molecule has 3 aromatic rings. The highest BCUT2D eigenvalue weighted by molar-refractivity contribution is 6.31. The number of hydrogen-bond acceptors (Lipinski definition) is 3. The highest BCUT2D eigenvalue weighted by Crippen LogP contribution is 2.27. The molecule has 0 bridgehead atoms. The van der Waals surface area contributed by atoms with Crippen LogP contribution in [-0.2, 0) is 0 Å². The first kappa shape index (κ1) is 15.8. The topological polar surface area (TPSA) is 78.5 Å². The summed E-state index contributed by atoms with van der Waals surface area (Å²) in [5.74, 6) is 0.883. The summed E-state index contributed by atoms with van der Waals surface area (Å²) in [5.41, 5.74) is 7.37. The summed E-state index contributed by atoms with van der Waals surface area (Å²) in [5, 5.41) is 3.29. The first-order valence-electron chi connectivity index (χ1n) is 7.21. The Morgan fingerprint density at radius 3 is 2.71 bits per heavy atom. The van der Waals surface area contributed by atoms with Crippen molar-refractivity contribution in [3.63, 3.8) is 0 Å². The second-order valence-electron chi connectivity index (χ2n) is 5.10. The van der Waals surface area contributed by atoms with Crippen molar-refractivity contribution in [3.05, 3.63) is 77.6 Å². The molecule has 1 heterocycles. The maximum atomic E-state index is 12.3. The molecule has 0 saturated carbocycles. The molecule has 120 valence electrons. The molecule has 5 nitrogen and oxygen atoms in total. The molecule has 0 aliphatic heterocycles. The highest BCUT2D eigenvalue weighted by atomic mass is 35.5. The van der Waals surface area contributed by atoms with Gasteiger partial charge in [0, 0.05) is 40.2 Å². The molecular weight excluding hydrogens is 326 g/mol. The van der Waals surface area contributed by atoms with E-state index in [1.807, 2.05) is 12.1 Å². The number of carbonyl (C=O) groups excluding carboxylic acids is 1. The van der Waals surface area contributed by atoms with Crippen molar-refractivity contribution < 1.29 is 14.5 Å². The third kappa shape index (κ3) is 4.02. The standard InChI is InChI=1S/C18H14ClN3O2/c19-13-4-1-3-12(7-13)18(23)22-15-8-14(20)9-17(10-15)24-16-5-2-6-21-11-16/h1-11H,20H2,(H,22,23)/p+1. The maximum absolute atomic E-state index is 12.3. The zero-order valence-electron chi connectivity index (χ0n) is 12.6. The molecule has 1 amide bonds. The number of hydrogen-bond donors (Lipinski definition) is 2. The number of nitrogen functional groups attached to an aromatic ring is 1. The van der Waals surface area contributed by atoms with Crippen molar-refractivity contribution >= 4 is 28.9 Å². The number of halogens is 1. The van der Waals surface area contributed by atoms with Crippen molar-refractivity contribution in [2.45, 2.75) is 0 Å². The Bertz CT molecular complexity index is 869. The number of carbonyl (C=O) groups is 1. The number of amides is 1. The fourth-order valence-electron chi connectivity index (χ4n) is 2.16. The number of ether oxygens (including phenoxy) is 1. The quantitative estimate of drug-likeness (QED) is 0.709. The molecule has 0 aliphatic carbocycles. The first-order valence-corrected chi connectivity index (χ1v) is 7.59. The Morgan fingerprint density at radius 2 is 1.96 bits per heavy atom. The first-order chi connectivity index (χ1) is 11.6. The van der Waals surface area contributed by atoms with Crippen molar-refractivity contribution in [1.29, 1.82) is 0 Å². The van der Waals surface area contributed by atoms with Gasteiger partial charge in [0.2, 0.25) is 6.20 Å². The van der Waals surface area contributed by atoms with Gasteiger partial charge in [-0.25, -0.2) is 4.98 Å². The highest BCUT2D eigenvalue weighted by Gasteiger charge is 2.09. The normalized spacial score (nSPS) is 10.2. The number of anilines is 2. The monoisotopic (exact) mass is 340 g/mol. The zero-order valence-corrected chi connectivity index (χ0v) is 13.4. The average Bonchev–Trinajstić information content (AvgIpc) is 2.55. The van der Waals surface area contributed by atoms with Gasteiger partial charge in [0.05, 0.1) is 0 Å². The second-order valence-corrected chi connectivity index (χ2v) is 5.53. The van der Waals surface area contributed by atoms with Gasteiger partial charge in [0.1, 0.15) is 5.75 Å². The maximum Gasteiger partial charge on any atom is 0.255 e. The second kappa shape index (κ2) is 7.02. The van der Waals surface area contributed by atoms with E-state index in [1.54, 1.807) is 54.9 Å². The van der Waals surface area contributed by atoms with Gasteiger partial charge in [-0.2, -0.15) is 0 Å². The number of nitrogens with two attached hydrogens (primary N) is 1. The van der Waals surface area contributed by atoms with Crippen LogP contribution in [-0.4, -0.2) is 5.91 Å². The summed E-state index contributed by atoms with van der Waals surface area (Å²) in [6.45, 7) is 0. The predicted octanol–water partition coefficient (Wildman–Crippen LogP) is 3.78. The van der Waals surface area contributed by atoms with Gasteiger partial charge in [0.15, 0.2) is 11.9 Å². The molecule has 0 aliphatic rings. The van der Waals surface area contributed by atoms with E-state index in [9.17, 15) is 4.79 Å². The van der Waals surface area contributed by atoms with E-state index < -0.39 is 0 Å². The van der Waals surface area contributed by atoms with Gasteiger partial charge in [0.25, 0.3) is 5.91 Å². The van der Waals surface area contributed by atoms with E-state index in [1.165, 1.54) is 0 Å². The van der Waals surface area contributed by atoms with E-state index in [-0.39, 0.29) is 5.91 Å². The third-order valence-electron chi connectivity index (χ3n) is 3.19. The van der Waals surface area contributed by atoms with Crippen LogP contribution in [0.5, 0.6) is 11.5 Å². The number of pyridine rings is 1. The van der Waals surface area contributed by atoms with Crippen LogP contribution in [0.2, 0.25) is 5.02 Å². The summed E-state index contributed by atoms with van der Waals surface area (Å²) in [6.07, 6.45) is 3.50. The summed E-state index contributed by atoms with van der Waals surface area (Å²) in [4.78, 5) is 15.2. The average molecular weight is 341 g/mol. The lowest BCUT2D eigenvalue weighted by atomic mass is 10.2. The smallest absolute Gasteiger partial charge is 0.255 e. The Balaban J connectivity index is 1.80. The number of benzene rings is 2. The molecule has 1 aromatic heterocycles. The van der Waals surface area contributed by atoms with Crippen LogP contribution in [0.3, 0.4) is 0 Å². The third-order valence-corrected chi connectivity index (χ3v) is 3.42. The fourth-order valence-corrected chi connectivity index (χ4v) is 2.35. The molecule has 0 radical (unpaired) electrons. The summed E-state index contributed by atoms with van der Waals surface area (Å²) < 4.78 is 5.72. The van der Waals surface area contributed by atoms with Crippen LogP contribution >= 0.6 is 11.6 Å². The van der Waals surface area contributed by atoms with Gasteiger partial charge in [-0.15, -0.1) is 0 Å². The summed E-state index contributed by atoms with van der Waals surface area (Å²) in [6, 6.07) is 15.4. The fraction of sp³-hybridized carbons (Fsp3) is 0. The van der Waals surface area contributed by atoms with Gasteiger partial charge >= 0.3 is 0 Å². The van der Waals surface area contributed by atoms with E-state index in [4.69, 9.17) is 22.1 Å². The van der Waals surface area contributed by atoms with Crippen molar-refractivity contribution in [2.24, 2.45) is 0 Å². The predicted molar refractivity (Wildman–Crippen MR) is 93.3 cm³/mol. The number of aromatic amines is 1. The van der Waals surface area contributed by atoms with Crippen LogP contribution in [0.15, 0.2) is 67.0 Å². The molecule has 4 N–H and O–H groups in total. The molecule has 0 spiro atoms. The molecule has 3 rings (SSSR count). The lowest BCUT2D eigenvalue weighted by Crippen LogP contribution is -2.12. The van der Waals surface area contributed by atoms with Gasteiger partial charge in [-0.05, 0) is 30.3 Å². The Morgan fingerprint density at radius 1 is 1.08 bits per heavy atom. The molecule has 0 atom stereocenters. The number of aromatic nitrogens is 1. The van der Waals surface area contributed by atoms with E-state index >= 15 is 0 Å². The van der Waals surface area contributed by atoms with E-state index in [0.717, 1.165) is 0 Å². The van der Waals surface area contributed by atoms with Gasteiger partial charge in [-0.1, -0.05) is 17.7 Å². The van der Waals surface area contributed by atoms with E-state index in [2.05, 4.69) is 10.3 Å². The summed E-state index contributed by atoms with van der Waals surface area (Å²) in [7, 11) is 0. The van der Waals surface area contributed by atoms with Gasteiger partial charge in [-0.3, -0.25) is 4.79 Å². The van der Waals surface area contributed by atoms with Crippen LogP contribution in [0.25, 0.3) is 0 Å². The molecule has 0 saturated heterocycles.